The quantitative estimate of drug-likeness (QED) is 0.211. The van der Waals surface area contributed by atoms with E-state index in [4.69, 9.17) is 9.84 Å². The van der Waals surface area contributed by atoms with Crippen LogP contribution in [0, 0.1) is 6.92 Å². The molecule has 0 bridgehead atoms. The number of benzene rings is 3. The maximum atomic E-state index is 13.2. The fraction of sp³-hybridized carbons (Fsp3) is 0.103. The van der Waals surface area contributed by atoms with E-state index in [2.05, 4.69) is 27.8 Å². The number of anilines is 1. The Morgan fingerprint density at radius 3 is 2.47 bits per heavy atom. The van der Waals surface area contributed by atoms with Gasteiger partial charge in [-0.2, -0.15) is 0 Å². The summed E-state index contributed by atoms with van der Waals surface area (Å²) < 4.78 is 6.78. The number of imide groups is 2. The molecule has 0 aliphatic carbocycles. The number of barbiturate groups is 1. The highest BCUT2D eigenvalue weighted by Crippen LogP contribution is 2.28. The summed E-state index contributed by atoms with van der Waals surface area (Å²) in [6.07, 6.45) is 3.60. The van der Waals surface area contributed by atoms with Crippen LogP contribution in [0.25, 0.3) is 6.08 Å². The smallest absolute Gasteiger partial charge is 0.335 e. The number of nitrogens with one attached hydrogen (secondary N) is 1. The van der Waals surface area contributed by atoms with Crippen LogP contribution in [0.1, 0.15) is 32.6 Å². The van der Waals surface area contributed by atoms with Crippen LogP contribution >= 0.6 is 15.9 Å². The zero-order valence-electron chi connectivity index (χ0n) is 20.4. The number of amides is 4. The Labute approximate surface area is 227 Å². The number of carbonyl (C=O) groups excluding carboxylic acids is 3. The maximum absolute atomic E-state index is 13.2. The second-order valence-electron chi connectivity index (χ2n) is 8.54. The summed E-state index contributed by atoms with van der Waals surface area (Å²) in [6, 6.07) is 15.8. The number of aromatic carboxylic acids is 1. The van der Waals surface area contributed by atoms with Gasteiger partial charge >= 0.3 is 12.0 Å². The number of hydrogen-bond donors (Lipinski definition) is 2. The number of carbonyl (C=O) groups is 4. The third kappa shape index (κ3) is 5.73. The molecule has 38 heavy (non-hydrogen) atoms. The van der Waals surface area contributed by atoms with Crippen LogP contribution in [0.2, 0.25) is 0 Å². The fourth-order valence-corrected chi connectivity index (χ4v) is 4.12. The molecule has 0 spiro atoms. The van der Waals surface area contributed by atoms with Gasteiger partial charge in [-0.25, -0.2) is 14.5 Å². The van der Waals surface area contributed by atoms with Gasteiger partial charge in [0.05, 0.1) is 11.3 Å². The molecule has 4 rings (SSSR count). The summed E-state index contributed by atoms with van der Waals surface area (Å²) in [5.41, 5.74) is 3.32. The van der Waals surface area contributed by atoms with Gasteiger partial charge in [0.1, 0.15) is 17.9 Å². The molecule has 1 saturated heterocycles. The summed E-state index contributed by atoms with van der Waals surface area (Å²) in [7, 11) is 0. The number of hydrogen-bond acceptors (Lipinski definition) is 5. The molecule has 9 heteroatoms. The van der Waals surface area contributed by atoms with Crippen molar-refractivity contribution >= 4 is 51.5 Å². The Kier molecular flexibility index (Phi) is 7.87. The predicted octanol–water partition coefficient (Wildman–Crippen LogP) is 5.43. The molecule has 0 unspecified atom stereocenters. The highest BCUT2D eigenvalue weighted by Gasteiger charge is 2.37. The number of nitrogens with zero attached hydrogens (tertiary/aromatic N) is 1. The molecule has 3 aromatic carbocycles. The molecule has 0 radical (unpaired) electrons. The first-order valence-corrected chi connectivity index (χ1v) is 12.3. The minimum Gasteiger partial charge on any atom is -0.489 e. The van der Waals surface area contributed by atoms with Crippen molar-refractivity contribution in [2.45, 2.75) is 20.0 Å². The number of carboxylic acids is 1. The van der Waals surface area contributed by atoms with Crippen molar-refractivity contribution in [1.29, 1.82) is 0 Å². The molecule has 1 heterocycles. The first-order chi connectivity index (χ1) is 18.2. The van der Waals surface area contributed by atoms with Crippen LogP contribution in [0.15, 0.2) is 83.4 Å². The third-order valence-corrected chi connectivity index (χ3v) is 6.75. The minimum absolute atomic E-state index is 0.179. The molecule has 192 valence electrons. The standard InChI is InChI=1S/C29H23BrN2O6/c1-3-4-21-14-19(7-12-25(21)38-16-18-5-8-20(9-6-18)28(35)36)15-23-26(33)31-29(37)32(27(23)34)22-10-11-24(30)17(2)13-22/h3,5-15H,1,4,16H2,2H3,(H,35,36)(H,31,33,37)/b23-15+. The van der Waals surface area contributed by atoms with Gasteiger partial charge in [0, 0.05) is 4.47 Å². The lowest BCUT2D eigenvalue weighted by atomic mass is 10.0. The van der Waals surface area contributed by atoms with Gasteiger partial charge in [-0.15, -0.1) is 6.58 Å². The summed E-state index contributed by atoms with van der Waals surface area (Å²) >= 11 is 3.40. The molecule has 1 aliphatic heterocycles. The molecule has 1 fully saturated rings. The van der Waals surface area contributed by atoms with E-state index < -0.39 is 23.8 Å². The van der Waals surface area contributed by atoms with Gasteiger partial charge in [-0.3, -0.25) is 14.9 Å². The van der Waals surface area contributed by atoms with E-state index in [-0.39, 0.29) is 17.7 Å². The monoisotopic (exact) mass is 574 g/mol. The highest BCUT2D eigenvalue weighted by atomic mass is 79.9. The van der Waals surface area contributed by atoms with E-state index in [9.17, 15) is 19.2 Å². The van der Waals surface area contributed by atoms with Crippen molar-refractivity contribution < 1.29 is 29.0 Å². The van der Waals surface area contributed by atoms with Crippen LogP contribution in [-0.2, 0) is 22.6 Å². The molecule has 4 amide bonds. The summed E-state index contributed by atoms with van der Waals surface area (Å²) in [5.74, 6) is -1.92. The number of urea groups is 1. The Hall–Kier alpha value is -4.50. The van der Waals surface area contributed by atoms with Gasteiger partial charge in [0.25, 0.3) is 11.8 Å². The molecule has 8 nitrogen and oxygen atoms in total. The third-order valence-electron chi connectivity index (χ3n) is 5.86. The van der Waals surface area contributed by atoms with Crippen LogP contribution in [0.4, 0.5) is 10.5 Å². The van der Waals surface area contributed by atoms with Gasteiger partial charge in [0.15, 0.2) is 0 Å². The largest absolute Gasteiger partial charge is 0.489 e. The normalized spacial score (nSPS) is 14.4. The van der Waals surface area contributed by atoms with Gasteiger partial charge < -0.3 is 9.84 Å². The second kappa shape index (κ2) is 11.3. The van der Waals surface area contributed by atoms with E-state index in [1.807, 2.05) is 6.92 Å². The molecule has 3 aromatic rings. The van der Waals surface area contributed by atoms with Gasteiger partial charge in [0.2, 0.25) is 0 Å². The van der Waals surface area contributed by atoms with Gasteiger partial charge in [-0.05, 0) is 84.1 Å². The lowest BCUT2D eigenvalue weighted by Crippen LogP contribution is -2.54. The summed E-state index contributed by atoms with van der Waals surface area (Å²) in [6.45, 7) is 5.83. The Bertz CT molecular complexity index is 1490. The number of halogens is 1. The Morgan fingerprint density at radius 1 is 1.08 bits per heavy atom. The minimum atomic E-state index is -1.000. The number of ether oxygens (including phenoxy) is 1. The number of aryl methyl sites for hydroxylation is 1. The molecular formula is C29H23BrN2O6. The van der Waals surface area contributed by atoms with Gasteiger partial charge in [-0.1, -0.05) is 40.2 Å². The lowest BCUT2D eigenvalue weighted by molar-refractivity contribution is -0.122. The molecule has 2 N–H and O–H groups in total. The maximum Gasteiger partial charge on any atom is 0.335 e. The van der Waals surface area contributed by atoms with Crippen LogP contribution in [-0.4, -0.2) is 28.9 Å². The van der Waals surface area contributed by atoms with Crippen LogP contribution < -0.4 is 15.0 Å². The van der Waals surface area contributed by atoms with E-state index in [1.165, 1.54) is 18.2 Å². The first kappa shape index (κ1) is 26.6. The number of carboxylic acid groups (broad SMARTS) is 1. The number of rotatable bonds is 8. The van der Waals surface area contributed by atoms with Crippen molar-refractivity contribution in [2.24, 2.45) is 0 Å². The van der Waals surface area contributed by atoms with Crippen molar-refractivity contribution in [1.82, 2.24) is 5.32 Å². The lowest BCUT2D eigenvalue weighted by Gasteiger charge is -2.26. The molecular weight excluding hydrogens is 552 g/mol. The van der Waals surface area contributed by atoms with Crippen molar-refractivity contribution in [3.63, 3.8) is 0 Å². The SMILES string of the molecule is C=CCc1cc(/C=C2\C(=O)NC(=O)N(c3ccc(Br)c(C)c3)C2=O)ccc1OCc1ccc(C(=O)O)cc1. The Morgan fingerprint density at radius 2 is 1.82 bits per heavy atom. The summed E-state index contributed by atoms with van der Waals surface area (Å²) in [4.78, 5) is 50.3. The topological polar surface area (TPSA) is 113 Å². The highest BCUT2D eigenvalue weighted by molar-refractivity contribution is 9.10. The van der Waals surface area contributed by atoms with Crippen molar-refractivity contribution in [2.75, 3.05) is 4.90 Å². The zero-order chi connectivity index (χ0) is 27.4. The Balaban J connectivity index is 1.59. The van der Waals surface area contributed by atoms with E-state index in [1.54, 1.807) is 54.6 Å². The van der Waals surface area contributed by atoms with E-state index >= 15 is 0 Å². The fourth-order valence-electron chi connectivity index (χ4n) is 3.88. The van der Waals surface area contributed by atoms with E-state index in [0.29, 0.717) is 23.4 Å². The molecule has 0 aromatic heterocycles. The van der Waals surface area contributed by atoms with Crippen molar-refractivity contribution in [3.05, 3.63) is 111 Å². The van der Waals surface area contributed by atoms with Crippen LogP contribution in [0.3, 0.4) is 0 Å². The predicted molar refractivity (Wildman–Crippen MR) is 146 cm³/mol. The van der Waals surface area contributed by atoms with Crippen LogP contribution in [0.5, 0.6) is 5.75 Å². The van der Waals surface area contributed by atoms with E-state index in [0.717, 1.165) is 26.1 Å². The molecule has 1 aliphatic rings. The number of allylic oxidation sites excluding steroid dienone is 1. The van der Waals surface area contributed by atoms with Crippen molar-refractivity contribution in [3.8, 4) is 5.75 Å². The zero-order valence-corrected chi connectivity index (χ0v) is 21.9. The second-order valence-corrected chi connectivity index (χ2v) is 9.40. The molecule has 0 saturated carbocycles. The average molecular weight is 575 g/mol. The summed E-state index contributed by atoms with van der Waals surface area (Å²) in [5, 5.41) is 11.3. The first-order valence-electron chi connectivity index (χ1n) is 11.5. The average Bonchev–Trinajstić information content (AvgIpc) is 2.88. The molecule has 0 atom stereocenters.